The Kier molecular flexibility index (Phi) is 4.08. The van der Waals surface area contributed by atoms with Crippen molar-refractivity contribution >= 4 is 15.9 Å². The molecule has 0 atom stereocenters. The number of aryl methyl sites for hydroxylation is 1. The molecule has 0 nitrogen and oxygen atoms in total. The number of fused-ring (bicyclic) bond motifs is 3. The Morgan fingerprint density at radius 2 is 1.28 bits per heavy atom. The minimum atomic E-state index is 0.0373. The minimum Gasteiger partial charge on any atom is -0.0561 e. The summed E-state index contributed by atoms with van der Waals surface area (Å²) in [6.45, 7) is 20.9. The molecule has 0 N–H and O–H groups in total. The van der Waals surface area contributed by atoms with Crippen LogP contribution in [0.15, 0.2) is 28.7 Å². The molecule has 2 aromatic rings. The van der Waals surface area contributed by atoms with E-state index in [1.165, 1.54) is 43.4 Å². The van der Waals surface area contributed by atoms with Gasteiger partial charge in [-0.1, -0.05) is 83.5 Å². The predicted octanol–water partition coefficient (Wildman–Crippen LogP) is 7.66. The standard InChI is InChI=1S/C24H31Br/c1-14-10-19-21(20(25)11-14)15-12-17(22(2,3)4)18(23(5,6)7)13-16(15)24(19,8)9/h10-13H,1-9H3. The maximum Gasteiger partial charge on any atom is 0.0259 e. The first-order valence-corrected chi connectivity index (χ1v) is 10.0. The monoisotopic (exact) mass is 398 g/mol. The van der Waals surface area contributed by atoms with Crippen LogP contribution in [0.4, 0.5) is 0 Å². The van der Waals surface area contributed by atoms with Crippen LogP contribution < -0.4 is 0 Å². The fraction of sp³-hybridized carbons (Fsp3) is 0.500. The van der Waals surface area contributed by atoms with Gasteiger partial charge in [0.15, 0.2) is 0 Å². The third kappa shape index (κ3) is 2.89. The van der Waals surface area contributed by atoms with Crippen molar-refractivity contribution in [3.63, 3.8) is 0 Å². The van der Waals surface area contributed by atoms with Gasteiger partial charge in [-0.2, -0.15) is 0 Å². The first kappa shape index (κ1) is 18.7. The highest BCUT2D eigenvalue weighted by molar-refractivity contribution is 9.10. The van der Waals surface area contributed by atoms with Gasteiger partial charge in [0.2, 0.25) is 0 Å². The zero-order valence-electron chi connectivity index (χ0n) is 17.2. The summed E-state index contributed by atoms with van der Waals surface area (Å²) in [5.41, 5.74) is 10.3. The number of rotatable bonds is 0. The molecule has 0 heterocycles. The summed E-state index contributed by atoms with van der Waals surface area (Å²) >= 11 is 3.85. The summed E-state index contributed by atoms with van der Waals surface area (Å²) in [7, 11) is 0. The molecule has 0 bridgehead atoms. The van der Waals surface area contributed by atoms with Crippen molar-refractivity contribution in [3.05, 3.63) is 56.6 Å². The van der Waals surface area contributed by atoms with Gasteiger partial charge in [0.1, 0.15) is 0 Å². The third-order valence-electron chi connectivity index (χ3n) is 5.62. The second kappa shape index (κ2) is 5.46. The molecule has 1 aliphatic carbocycles. The van der Waals surface area contributed by atoms with Crippen molar-refractivity contribution in [3.8, 4) is 11.1 Å². The first-order chi connectivity index (χ1) is 11.2. The fourth-order valence-electron chi connectivity index (χ4n) is 4.22. The van der Waals surface area contributed by atoms with Crippen LogP contribution in [0.5, 0.6) is 0 Å². The van der Waals surface area contributed by atoms with Gasteiger partial charge < -0.3 is 0 Å². The molecule has 1 aliphatic rings. The largest absolute Gasteiger partial charge is 0.0561 e. The summed E-state index contributed by atoms with van der Waals surface area (Å²) in [5, 5.41) is 0. The Morgan fingerprint density at radius 1 is 0.760 bits per heavy atom. The van der Waals surface area contributed by atoms with E-state index in [-0.39, 0.29) is 16.2 Å². The van der Waals surface area contributed by atoms with Crippen molar-refractivity contribution < 1.29 is 0 Å². The van der Waals surface area contributed by atoms with Gasteiger partial charge in [0, 0.05) is 15.5 Å². The first-order valence-electron chi connectivity index (χ1n) is 9.25. The van der Waals surface area contributed by atoms with E-state index >= 15 is 0 Å². The highest BCUT2D eigenvalue weighted by atomic mass is 79.9. The van der Waals surface area contributed by atoms with Crippen molar-refractivity contribution in [2.45, 2.75) is 78.6 Å². The molecule has 0 radical (unpaired) electrons. The average molecular weight is 399 g/mol. The van der Waals surface area contributed by atoms with Crippen molar-refractivity contribution in [2.75, 3.05) is 0 Å². The number of hydrogen-bond donors (Lipinski definition) is 0. The lowest BCUT2D eigenvalue weighted by Gasteiger charge is -2.32. The minimum absolute atomic E-state index is 0.0373. The summed E-state index contributed by atoms with van der Waals surface area (Å²) < 4.78 is 1.22. The molecular formula is C24H31Br. The van der Waals surface area contributed by atoms with E-state index in [2.05, 4.69) is 103 Å². The summed E-state index contributed by atoms with van der Waals surface area (Å²) in [6, 6.07) is 9.59. The predicted molar refractivity (Wildman–Crippen MR) is 114 cm³/mol. The summed E-state index contributed by atoms with van der Waals surface area (Å²) in [6.07, 6.45) is 0. The lowest BCUT2D eigenvalue weighted by Crippen LogP contribution is -2.24. The zero-order chi connectivity index (χ0) is 18.9. The van der Waals surface area contributed by atoms with Crippen molar-refractivity contribution in [2.24, 2.45) is 0 Å². The number of benzene rings is 2. The summed E-state index contributed by atoms with van der Waals surface area (Å²) in [4.78, 5) is 0. The molecule has 0 spiro atoms. The van der Waals surface area contributed by atoms with Crippen LogP contribution in [-0.4, -0.2) is 0 Å². The van der Waals surface area contributed by atoms with E-state index in [1.54, 1.807) is 0 Å². The van der Waals surface area contributed by atoms with Gasteiger partial charge in [-0.3, -0.25) is 0 Å². The second-order valence-corrected chi connectivity index (χ2v) is 11.1. The normalized spacial score (nSPS) is 15.9. The molecule has 0 aliphatic heterocycles. The molecule has 0 saturated heterocycles. The van der Waals surface area contributed by atoms with Crippen LogP contribution in [0.1, 0.15) is 83.2 Å². The van der Waals surface area contributed by atoms with Crippen LogP contribution in [0.2, 0.25) is 0 Å². The Labute approximate surface area is 162 Å². The Hall–Kier alpha value is -1.08. The molecule has 0 amide bonds. The van der Waals surface area contributed by atoms with E-state index < -0.39 is 0 Å². The SMILES string of the molecule is Cc1cc(Br)c2c(c1)C(C)(C)c1cc(C(C)(C)C)c(C(C)(C)C)cc1-2. The van der Waals surface area contributed by atoms with Crippen LogP contribution in [0.3, 0.4) is 0 Å². The third-order valence-corrected chi connectivity index (χ3v) is 6.25. The zero-order valence-corrected chi connectivity index (χ0v) is 18.8. The molecule has 0 fully saturated rings. The van der Waals surface area contributed by atoms with E-state index in [9.17, 15) is 0 Å². The van der Waals surface area contributed by atoms with Gasteiger partial charge in [-0.05, 0) is 63.3 Å². The van der Waals surface area contributed by atoms with E-state index in [0.29, 0.717) is 0 Å². The van der Waals surface area contributed by atoms with Crippen LogP contribution in [-0.2, 0) is 16.2 Å². The van der Waals surface area contributed by atoms with Gasteiger partial charge in [0.05, 0.1) is 0 Å². The molecule has 134 valence electrons. The second-order valence-electron chi connectivity index (χ2n) is 10.2. The molecule has 1 heteroatoms. The highest BCUT2D eigenvalue weighted by Crippen LogP contribution is 2.54. The highest BCUT2D eigenvalue weighted by Gasteiger charge is 2.39. The molecule has 2 aromatic carbocycles. The van der Waals surface area contributed by atoms with Crippen molar-refractivity contribution in [1.82, 2.24) is 0 Å². The molecule has 0 saturated carbocycles. The summed E-state index contributed by atoms with van der Waals surface area (Å²) in [5.74, 6) is 0. The van der Waals surface area contributed by atoms with Crippen LogP contribution in [0, 0.1) is 6.92 Å². The lowest BCUT2D eigenvalue weighted by molar-refractivity contribution is 0.527. The van der Waals surface area contributed by atoms with E-state index in [0.717, 1.165) is 0 Å². The van der Waals surface area contributed by atoms with Gasteiger partial charge >= 0.3 is 0 Å². The maximum absolute atomic E-state index is 3.85. The van der Waals surface area contributed by atoms with Gasteiger partial charge in [-0.25, -0.2) is 0 Å². The van der Waals surface area contributed by atoms with Crippen LogP contribution in [0.25, 0.3) is 11.1 Å². The molecule has 3 rings (SSSR count). The molecule has 0 unspecified atom stereocenters. The molecular weight excluding hydrogens is 368 g/mol. The maximum atomic E-state index is 3.85. The fourth-order valence-corrected chi connectivity index (χ4v) is 5.01. The number of halogens is 1. The lowest BCUT2D eigenvalue weighted by atomic mass is 9.72. The average Bonchev–Trinajstić information content (AvgIpc) is 2.64. The van der Waals surface area contributed by atoms with E-state index in [4.69, 9.17) is 0 Å². The molecule has 25 heavy (non-hydrogen) atoms. The van der Waals surface area contributed by atoms with Gasteiger partial charge in [0.25, 0.3) is 0 Å². The molecule has 0 aromatic heterocycles. The van der Waals surface area contributed by atoms with Crippen molar-refractivity contribution in [1.29, 1.82) is 0 Å². The smallest absolute Gasteiger partial charge is 0.0259 e. The topological polar surface area (TPSA) is 0 Å². The Morgan fingerprint density at radius 3 is 1.80 bits per heavy atom. The van der Waals surface area contributed by atoms with Crippen LogP contribution >= 0.6 is 15.9 Å². The van der Waals surface area contributed by atoms with Gasteiger partial charge in [-0.15, -0.1) is 0 Å². The van der Waals surface area contributed by atoms with E-state index in [1.807, 2.05) is 0 Å². The number of hydrogen-bond acceptors (Lipinski definition) is 0. The Balaban J connectivity index is 2.44. The quantitative estimate of drug-likeness (QED) is 0.427. The Bertz CT molecular complexity index is 855.